The topological polar surface area (TPSA) is 17.1 Å². The van der Waals surface area contributed by atoms with Gasteiger partial charge in [0.15, 0.2) is 0 Å². The molecule has 0 heterocycles. The van der Waals surface area contributed by atoms with Gasteiger partial charge in [0.25, 0.3) is 0 Å². The minimum absolute atomic E-state index is 0.319. The van der Waals surface area contributed by atoms with Crippen LogP contribution in [0.1, 0.15) is 60.3 Å². The lowest BCUT2D eigenvalue weighted by Gasteiger charge is -2.16. The van der Waals surface area contributed by atoms with Gasteiger partial charge in [0, 0.05) is 12.3 Å². The third-order valence-electron chi connectivity index (χ3n) is 2.65. The predicted molar refractivity (Wildman–Crippen MR) is 62.3 cm³/mol. The maximum absolute atomic E-state index is 11.8. The first-order chi connectivity index (χ1) is 6.47. The lowest BCUT2D eigenvalue weighted by atomic mass is 9.88. The summed E-state index contributed by atoms with van der Waals surface area (Å²) in [5.74, 6) is 2.02. The van der Waals surface area contributed by atoms with Gasteiger partial charge >= 0.3 is 0 Å². The van der Waals surface area contributed by atoms with Crippen LogP contribution in [0.2, 0.25) is 0 Å². The molecule has 0 aromatic carbocycles. The molecule has 0 aliphatic rings. The van der Waals surface area contributed by atoms with Crippen LogP contribution in [0.15, 0.2) is 0 Å². The molecular formula is C13H26O. The van der Waals surface area contributed by atoms with Crippen molar-refractivity contribution in [3.05, 3.63) is 0 Å². The van der Waals surface area contributed by atoms with Gasteiger partial charge < -0.3 is 0 Å². The molecule has 0 N–H and O–H groups in total. The van der Waals surface area contributed by atoms with Crippen molar-refractivity contribution in [2.75, 3.05) is 0 Å². The molecule has 0 bridgehead atoms. The summed E-state index contributed by atoms with van der Waals surface area (Å²) in [6.45, 7) is 10.8. The third-order valence-corrected chi connectivity index (χ3v) is 2.65. The zero-order valence-electron chi connectivity index (χ0n) is 10.5. The van der Waals surface area contributed by atoms with Crippen LogP contribution < -0.4 is 0 Å². The standard InChI is InChI=1S/C13H26O/c1-6-12(8-7-10(2)3)13(14)9-11(4)5/h10-12H,6-9H2,1-5H3. The first-order valence-electron chi connectivity index (χ1n) is 6.00. The number of ketones is 1. The summed E-state index contributed by atoms with van der Waals surface area (Å²) >= 11 is 0. The van der Waals surface area contributed by atoms with Crippen LogP contribution >= 0.6 is 0 Å². The fraction of sp³-hybridized carbons (Fsp3) is 0.923. The van der Waals surface area contributed by atoms with Crippen LogP contribution in [0.5, 0.6) is 0 Å². The Morgan fingerprint density at radius 1 is 1.00 bits per heavy atom. The van der Waals surface area contributed by atoms with Crippen LogP contribution in [0.25, 0.3) is 0 Å². The molecule has 1 unspecified atom stereocenters. The Hall–Kier alpha value is -0.330. The van der Waals surface area contributed by atoms with E-state index in [2.05, 4.69) is 34.6 Å². The van der Waals surface area contributed by atoms with E-state index in [1.807, 2.05) is 0 Å². The van der Waals surface area contributed by atoms with Crippen LogP contribution in [-0.2, 0) is 4.79 Å². The van der Waals surface area contributed by atoms with E-state index >= 15 is 0 Å². The molecule has 1 nitrogen and oxygen atoms in total. The van der Waals surface area contributed by atoms with Crippen molar-refractivity contribution in [3.63, 3.8) is 0 Å². The van der Waals surface area contributed by atoms with E-state index in [-0.39, 0.29) is 0 Å². The quantitative estimate of drug-likeness (QED) is 0.603. The fourth-order valence-electron chi connectivity index (χ4n) is 1.70. The summed E-state index contributed by atoms with van der Waals surface area (Å²) in [7, 11) is 0. The summed E-state index contributed by atoms with van der Waals surface area (Å²) in [5, 5.41) is 0. The molecule has 0 fully saturated rings. The van der Waals surface area contributed by atoms with Gasteiger partial charge in [-0.2, -0.15) is 0 Å². The molecule has 0 radical (unpaired) electrons. The average Bonchev–Trinajstić information content (AvgIpc) is 2.03. The highest BCUT2D eigenvalue weighted by Crippen LogP contribution is 2.19. The minimum Gasteiger partial charge on any atom is -0.299 e. The maximum atomic E-state index is 11.8. The van der Waals surface area contributed by atoms with Crippen molar-refractivity contribution in [2.24, 2.45) is 17.8 Å². The molecule has 14 heavy (non-hydrogen) atoms. The summed E-state index contributed by atoms with van der Waals surface area (Å²) in [4.78, 5) is 11.8. The van der Waals surface area contributed by atoms with Crippen LogP contribution in [0.4, 0.5) is 0 Å². The van der Waals surface area contributed by atoms with Gasteiger partial charge in [-0.15, -0.1) is 0 Å². The van der Waals surface area contributed by atoms with E-state index in [0.717, 1.165) is 25.2 Å². The molecule has 0 amide bonds. The monoisotopic (exact) mass is 198 g/mol. The van der Waals surface area contributed by atoms with Gasteiger partial charge in [-0.3, -0.25) is 4.79 Å². The smallest absolute Gasteiger partial charge is 0.136 e. The Bertz CT molecular complexity index is 159. The van der Waals surface area contributed by atoms with Crippen molar-refractivity contribution in [2.45, 2.75) is 60.3 Å². The minimum atomic E-state index is 0.319. The molecule has 0 aromatic rings. The second kappa shape index (κ2) is 7.03. The van der Waals surface area contributed by atoms with E-state index in [1.165, 1.54) is 6.42 Å². The molecule has 0 aromatic heterocycles. The van der Waals surface area contributed by atoms with Gasteiger partial charge in [-0.1, -0.05) is 41.0 Å². The van der Waals surface area contributed by atoms with E-state index in [4.69, 9.17) is 0 Å². The first kappa shape index (κ1) is 13.7. The molecule has 0 saturated carbocycles. The van der Waals surface area contributed by atoms with E-state index in [0.29, 0.717) is 17.6 Å². The highest BCUT2D eigenvalue weighted by molar-refractivity contribution is 5.81. The lowest BCUT2D eigenvalue weighted by molar-refractivity contribution is -0.123. The Kier molecular flexibility index (Phi) is 6.86. The third kappa shape index (κ3) is 6.17. The number of hydrogen-bond acceptors (Lipinski definition) is 1. The second-order valence-electron chi connectivity index (χ2n) is 5.14. The van der Waals surface area contributed by atoms with Gasteiger partial charge in [0.2, 0.25) is 0 Å². The lowest BCUT2D eigenvalue weighted by Crippen LogP contribution is -2.16. The van der Waals surface area contributed by atoms with Crippen LogP contribution in [0.3, 0.4) is 0 Å². The van der Waals surface area contributed by atoms with Gasteiger partial charge in [-0.25, -0.2) is 0 Å². The van der Waals surface area contributed by atoms with Crippen molar-refractivity contribution >= 4 is 5.78 Å². The fourth-order valence-corrected chi connectivity index (χ4v) is 1.70. The normalized spacial score (nSPS) is 13.6. The second-order valence-corrected chi connectivity index (χ2v) is 5.14. The summed E-state index contributed by atoms with van der Waals surface area (Å²) < 4.78 is 0. The van der Waals surface area contributed by atoms with E-state index in [1.54, 1.807) is 0 Å². The van der Waals surface area contributed by atoms with Gasteiger partial charge in [-0.05, 0) is 24.7 Å². The Morgan fingerprint density at radius 3 is 1.93 bits per heavy atom. The van der Waals surface area contributed by atoms with Crippen LogP contribution in [-0.4, -0.2) is 5.78 Å². The van der Waals surface area contributed by atoms with Gasteiger partial charge in [0.05, 0.1) is 0 Å². The first-order valence-corrected chi connectivity index (χ1v) is 6.00. The number of rotatable bonds is 7. The number of carbonyl (C=O) groups is 1. The molecule has 0 spiro atoms. The van der Waals surface area contributed by atoms with Crippen molar-refractivity contribution in [1.29, 1.82) is 0 Å². The molecule has 1 atom stereocenters. The summed E-state index contributed by atoms with van der Waals surface area (Å²) in [5.41, 5.74) is 0. The Labute approximate surface area is 89.3 Å². The molecule has 0 rings (SSSR count). The predicted octanol–water partition coefficient (Wildman–Crippen LogP) is 4.06. The SMILES string of the molecule is CCC(CCC(C)C)C(=O)CC(C)C. The maximum Gasteiger partial charge on any atom is 0.136 e. The molecule has 84 valence electrons. The average molecular weight is 198 g/mol. The molecule has 0 saturated heterocycles. The van der Waals surface area contributed by atoms with E-state index in [9.17, 15) is 4.79 Å². The zero-order valence-corrected chi connectivity index (χ0v) is 10.5. The Balaban J connectivity index is 3.93. The van der Waals surface area contributed by atoms with Crippen molar-refractivity contribution < 1.29 is 4.79 Å². The molecule has 0 aliphatic heterocycles. The number of carbonyl (C=O) groups excluding carboxylic acids is 1. The van der Waals surface area contributed by atoms with Crippen molar-refractivity contribution in [3.8, 4) is 0 Å². The highest BCUT2D eigenvalue weighted by Gasteiger charge is 2.17. The number of hydrogen-bond donors (Lipinski definition) is 0. The molecule has 1 heteroatoms. The van der Waals surface area contributed by atoms with Gasteiger partial charge in [0.1, 0.15) is 5.78 Å². The van der Waals surface area contributed by atoms with E-state index < -0.39 is 0 Å². The van der Waals surface area contributed by atoms with Crippen LogP contribution in [0, 0.1) is 17.8 Å². The molecule has 0 aliphatic carbocycles. The Morgan fingerprint density at radius 2 is 1.57 bits per heavy atom. The number of Topliss-reactive ketones (excluding diaryl/α,β-unsaturated/α-hetero) is 1. The summed E-state index contributed by atoms with van der Waals surface area (Å²) in [6, 6.07) is 0. The largest absolute Gasteiger partial charge is 0.299 e. The highest BCUT2D eigenvalue weighted by atomic mass is 16.1. The zero-order chi connectivity index (χ0) is 11.1. The summed E-state index contributed by atoms with van der Waals surface area (Å²) in [6.07, 6.45) is 4.04. The molecular weight excluding hydrogens is 172 g/mol. The van der Waals surface area contributed by atoms with Crippen molar-refractivity contribution in [1.82, 2.24) is 0 Å².